The lowest BCUT2D eigenvalue weighted by atomic mass is 10.2. The fraction of sp³-hybridized carbons (Fsp3) is 0.143. The van der Waals surface area contributed by atoms with E-state index in [9.17, 15) is 9.59 Å². The van der Waals surface area contributed by atoms with E-state index in [0.29, 0.717) is 27.1 Å². The topological polar surface area (TPSA) is 98.6 Å². The molecule has 0 aromatic heterocycles. The molecule has 0 bridgehead atoms. The normalized spacial score (nSPS) is 15.9. The lowest BCUT2D eigenvalue weighted by molar-refractivity contribution is -0.135. The van der Waals surface area contributed by atoms with Gasteiger partial charge in [-0.25, -0.2) is 4.79 Å². The van der Waals surface area contributed by atoms with Crippen LogP contribution in [0.5, 0.6) is 11.5 Å². The molecule has 1 aliphatic heterocycles. The number of halogens is 2. The molecule has 1 saturated heterocycles. The lowest BCUT2D eigenvalue weighted by Gasteiger charge is -2.13. The van der Waals surface area contributed by atoms with Crippen LogP contribution in [0.15, 0.2) is 57.6 Å². The van der Waals surface area contributed by atoms with Crippen molar-refractivity contribution in [2.24, 2.45) is 10.2 Å². The van der Waals surface area contributed by atoms with Crippen LogP contribution in [0, 0.1) is 0 Å². The van der Waals surface area contributed by atoms with Crippen molar-refractivity contribution in [3.05, 3.63) is 68.6 Å². The highest BCUT2D eigenvalue weighted by Crippen LogP contribution is 2.37. The van der Waals surface area contributed by atoms with Gasteiger partial charge in [-0.3, -0.25) is 10.1 Å². The Morgan fingerprint density at radius 1 is 1.19 bits per heavy atom. The quantitative estimate of drug-likeness (QED) is 0.268. The third kappa shape index (κ3) is 6.03. The number of ether oxygens (including phenoxy) is 3. The van der Waals surface area contributed by atoms with Crippen LogP contribution >= 0.6 is 35.0 Å². The highest BCUT2D eigenvalue weighted by molar-refractivity contribution is 8.18. The Kier molecular flexibility index (Phi) is 8.15. The summed E-state index contributed by atoms with van der Waals surface area (Å²) in [5.74, 6) is -0.315. The Hall–Kier alpha value is -3.01. The minimum absolute atomic E-state index is 0.163. The molecular weight excluding hydrogens is 477 g/mol. The number of hydrogen-bond donors (Lipinski definition) is 1. The zero-order valence-electron chi connectivity index (χ0n) is 16.9. The molecule has 8 nitrogen and oxygen atoms in total. The van der Waals surface area contributed by atoms with Crippen LogP contribution in [0.3, 0.4) is 0 Å². The standard InChI is InChI=1S/C21H17Cl2N3O5S/c1-29-16-8-12(7-15(23)19(16)31-11-13-5-3-4-6-14(13)22)10-24-26-21-25-20(28)17(32-21)9-18(27)30-2/h3-10H,11H2,1-2H3,(H,25,26,28)/b17-9+,24-10?. The van der Waals surface area contributed by atoms with Gasteiger partial charge in [0.15, 0.2) is 16.7 Å². The number of amides is 1. The minimum Gasteiger partial charge on any atom is -0.493 e. The summed E-state index contributed by atoms with van der Waals surface area (Å²) in [6.45, 7) is 0.217. The third-order valence-corrected chi connectivity index (χ3v) is 5.59. The van der Waals surface area contributed by atoms with E-state index >= 15 is 0 Å². The van der Waals surface area contributed by atoms with Gasteiger partial charge < -0.3 is 14.2 Å². The van der Waals surface area contributed by atoms with Gasteiger partial charge in [-0.2, -0.15) is 5.10 Å². The molecule has 0 atom stereocenters. The molecule has 2 aromatic carbocycles. The largest absolute Gasteiger partial charge is 0.493 e. The highest BCUT2D eigenvalue weighted by atomic mass is 35.5. The summed E-state index contributed by atoms with van der Waals surface area (Å²) < 4.78 is 15.7. The second kappa shape index (κ2) is 11.0. The first-order chi connectivity index (χ1) is 15.4. The molecule has 0 radical (unpaired) electrons. The molecule has 32 heavy (non-hydrogen) atoms. The van der Waals surface area contributed by atoms with Crippen LogP contribution in [0.25, 0.3) is 0 Å². The summed E-state index contributed by atoms with van der Waals surface area (Å²) in [5.41, 5.74) is 1.41. The van der Waals surface area contributed by atoms with Crippen molar-refractivity contribution in [2.75, 3.05) is 14.2 Å². The number of esters is 1. The number of amidine groups is 1. The summed E-state index contributed by atoms with van der Waals surface area (Å²) in [7, 11) is 2.72. The van der Waals surface area contributed by atoms with Crippen molar-refractivity contribution in [3.8, 4) is 11.5 Å². The molecule has 11 heteroatoms. The molecule has 1 fully saturated rings. The zero-order valence-corrected chi connectivity index (χ0v) is 19.3. The molecule has 0 unspecified atom stereocenters. The first-order valence-electron chi connectivity index (χ1n) is 9.05. The van der Waals surface area contributed by atoms with Crippen molar-refractivity contribution in [2.45, 2.75) is 6.61 Å². The maximum atomic E-state index is 11.8. The first kappa shape index (κ1) is 23.6. The number of hydrogen-bond acceptors (Lipinski definition) is 8. The van der Waals surface area contributed by atoms with Crippen molar-refractivity contribution in [1.82, 2.24) is 5.32 Å². The number of thioether (sulfide) groups is 1. The van der Waals surface area contributed by atoms with Crippen molar-refractivity contribution in [1.29, 1.82) is 0 Å². The van der Waals surface area contributed by atoms with Crippen LogP contribution in [0.4, 0.5) is 0 Å². The summed E-state index contributed by atoms with van der Waals surface area (Å²) in [6, 6.07) is 10.7. The van der Waals surface area contributed by atoms with E-state index in [-0.39, 0.29) is 16.7 Å². The predicted molar refractivity (Wildman–Crippen MR) is 125 cm³/mol. The van der Waals surface area contributed by atoms with E-state index in [2.05, 4.69) is 20.3 Å². The second-order valence-electron chi connectivity index (χ2n) is 6.15. The van der Waals surface area contributed by atoms with Crippen LogP contribution in [-0.2, 0) is 20.9 Å². The molecule has 2 aromatic rings. The van der Waals surface area contributed by atoms with Gasteiger partial charge in [-0.1, -0.05) is 41.4 Å². The van der Waals surface area contributed by atoms with Crippen molar-refractivity contribution < 1.29 is 23.8 Å². The highest BCUT2D eigenvalue weighted by Gasteiger charge is 2.25. The Balaban J connectivity index is 1.72. The molecular formula is C21H17Cl2N3O5S. The maximum absolute atomic E-state index is 11.8. The number of benzene rings is 2. The molecule has 1 N–H and O–H groups in total. The van der Waals surface area contributed by atoms with E-state index in [1.54, 1.807) is 18.2 Å². The van der Waals surface area contributed by atoms with Gasteiger partial charge in [0.25, 0.3) is 5.91 Å². The van der Waals surface area contributed by atoms with Gasteiger partial charge in [0.05, 0.1) is 30.4 Å². The molecule has 1 aliphatic rings. The van der Waals surface area contributed by atoms with Gasteiger partial charge >= 0.3 is 5.97 Å². The molecule has 166 valence electrons. The number of nitrogens with one attached hydrogen (secondary N) is 1. The smallest absolute Gasteiger partial charge is 0.331 e. The van der Waals surface area contributed by atoms with Crippen LogP contribution in [0.1, 0.15) is 11.1 Å². The number of carbonyl (C=O) groups excluding carboxylic acids is 2. The molecule has 0 aliphatic carbocycles. The molecule has 1 heterocycles. The third-order valence-electron chi connectivity index (χ3n) is 4.04. The molecule has 0 saturated carbocycles. The fourth-order valence-electron chi connectivity index (χ4n) is 2.51. The Labute approximate surface area is 198 Å². The number of carbonyl (C=O) groups is 2. The Morgan fingerprint density at radius 3 is 2.69 bits per heavy atom. The van der Waals surface area contributed by atoms with Crippen LogP contribution < -0.4 is 14.8 Å². The average Bonchev–Trinajstić information content (AvgIpc) is 3.12. The minimum atomic E-state index is -0.633. The van der Waals surface area contributed by atoms with E-state index in [1.807, 2.05) is 18.2 Å². The number of nitrogens with zero attached hydrogens (tertiary/aromatic N) is 2. The zero-order chi connectivity index (χ0) is 23.1. The summed E-state index contributed by atoms with van der Waals surface area (Å²) in [4.78, 5) is 23.3. The summed E-state index contributed by atoms with van der Waals surface area (Å²) in [6.07, 6.45) is 2.52. The number of rotatable bonds is 7. The van der Waals surface area contributed by atoms with E-state index < -0.39 is 11.9 Å². The first-order valence-corrected chi connectivity index (χ1v) is 10.6. The van der Waals surface area contributed by atoms with E-state index in [4.69, 9.17) is 32.7 Å². The molecule has 1 amide bonds. The fourth-order valence-corrected chi connectivity index (χ4v) is 3.71. The SMILES string of the molecule is COC(=O)/C=C1/S/C(=N\N=Cc2cc(Cl)c(OCc3ccccc3Cl)c(OC)c2)NC1=O. The summed E-state index contributed by atoms with van der Waals surface area (Å²) in [5, 5.41) is 11.5. The number of methoxy groups -OCH3 is 2. The predicted octanol–water partition coefficient (Wildman–Crippen LogP) is 4.19. The van der Waals surface area contributed by atoms with Gasteiger partial charge in [-0.15, -0.1) is 5.10 Å². The van der Waals surface area contributed by atoms with E-state index in [0.717, 1.165) is 23.4 Å². The molecule has 3 rings (SSSR count). The Morgan fingerprint density at radius 2 is 1.97 bits per heavy atom. The van der Waals surface area contributed by atoms with Gasteiger partial charge in [-0.05, 0) is 30.0 Å². The van der Waals surface area contributed by atoms with Crippen LogP contribution in [0.2, 0.25) is 10.0 Å². The lowest BCUT2D eigenvalue weighted by Crippen LogP contribution is -2.19. The molecule has 0 spiro atoms. The summed E-state index contributed by atoms with van der Waals surface area (Å²) >= 11 is 13.5. The van der Waals surface area contributed by atoms with Gasteiger partial charge in [0.1, 0.15) is 6.61 Å². The van der Waals surface area contributed by atoms with Gasteiger partial charge in [0.2, 0.25) is 0 Å². The van der Waals surface area contributed by atoms with Gasteiger partial charge in [0, 0.05) is 22.2 Å². The van der Waals surface area contributed by atoms with E-state index in [1.165, 1.54) is 20.4 Å². The monoisotopic (exact) mass is 493 g/mol. The maximum Gasteiger partial charge on any atom is 0.331 e. The Bertz CT molecular complexity index is 1130. The van der Waals surface area contributed by atoms with Crippen molar-refractivity contribution >= 4 is 58.2 Å². The second-order valence-corrected chi connectivity index (χ2v) is 8.00. The van der Waals surface area contributed by atoms with Crippen LogP contribution in [-0.4, -0.2) is 37.5 Å². The average molecular weight is 494 g/mol. The van der Waals surface area contributed by atoms with Crippen molar-refractivity contribution in [3.63, 3.8) is 0 Å².